The number of imide groups is 1. The maximum atomic E-state index is 13.4. The van der Waals surface area contributed by atoms with Gasteiger partial charge in [0.25, 0.3) is 5.91 Å². The normalized spacial score (nSPS) is 17.8. The molecule has 9 heteroatoms. The number of rotatable bonds is 5. The molecule has 3 amide bonds. The highest BCUT2D eigenvalue weighted by Crippen LogP contribution is 2.31. The Bertz CT molecular complexity index is 1440. The largest absolute Gasteiger partial charge is 0.368 e. The number of nitrogens with zero attached hydrogens (tertiary/aromatic N) is 4. The monoisotopic (exact) mass is 453 g/mol. The summed E-state index contributed by atoms with van der Waals surface area (Å²) in [5.41, 5.74) is 7.20. The molecule has 0 radical (unpaired) electrons. The van der Waals surface area contributed by atoms with Crippen molar-refractivity contribution in [2.75, 3.05) is 11.1 Å². The second kappa shape index (κ2) is 8.11. The lowest BCUT2D eigenvalue weighted by molar-refractivity contribution is -0.131. The highest BCUT2D eigenvalue weighted by atomic mass is 16.2. The second-order valence-corrected chi connectivity index (χ2v) is 8.38. The van der Waals surface area contributed by atoms with Gasteiger partial charge < -0.3 is 16.4 Å². The molecule has 1 aliphatic rings. The summed E-state index contributed by atoms with van der Waals surface area (Å²) in [6, 6.07) is 20.7. The van der Waals surface area contributed by atoms with Crippen LogP contribution < -0.4 is 16.4 Å². The minimum Gasteiger partial charge on any atom is -0.368 e. The van der Waals surface area contributed by atoms with Gasteiger partial charge in [-0.25, -0.2) is 4.79 Å². The lowest BCUT2D eigenvalue weighted by atomic mass is 9.90. The minimum atomic E-state index is -1.21. The summed E-state index contributed by atoms with van der Waals surface area (Å²) in [5, 5.41) is 7.98. The summed E-state index contributed by atoms with van der Waals surface area (Å²) in [6.07, 6.45) is 0. The Morgan fingerprint density at radius 3 is 2.50 bits per heavy atom. The first-order valence-corrected chi connectivity index (χ1v) is 10.8. The molecule has 0 aliphatic carbocycles. The van der Waals surface area contributed by atoms with Gasteiger partial charge in [0.1, 0.15) is 5.54 Å². The van der Waals surface area contributed by atoms with Gasteiger partial charge in [-0.05, 0) is 47.9 Å². The second-order valence-electron chi connectivity index (χ2n) is 8.38. The van der Waals surface area contributed by atoms with E-state index in [1.54, 1.807) is 6.92 Å². The average molecular weight is 454 g/mol. The fourth-order valence-corrected chi connectivity index (χ4v) is 4.08. The molecule has 9 nitrogen and oxygen atoms in total. The summed E-state index contributed by atoms with van der Waals surface area (Å²) in [7, 11) is 0. The standard InChI is InChI=1S/C25H23N7O2/c1-15-7-3-6-10-19(15)27-23-29-20(28-22(26)30-23)14-32-21(33)25(2,31-24(32)34)18-12-11-16-8-4-5-9-17(16)13-18/h3-13H,14H2,1-2H3,(H,31,34)(H3,26,27,28,29,30)/t25-/m0/s1. The van der Waals surface area contributed by atoms with Gasteiger partial charge >= 0.3 is 6.03 Å². The van der Waals surface area contributed by atoms with Crippen molar-refractivity contribution in [1.29, 1.82) is 0 Å². The number of hydrogen-bond acceptors (Lipinski definition) is 7. The molecule has 1 fully saturated rings. The molecular formula is C25H23N7O2. The number of benzene rings is 3. The third-order valence-electron chi connectivity index (χ3n) is 5.99. The van der Waals surface area contributed by atoms with Crippen LogP contribution in [0.3, 0.4) is 0 Å². The number of fused-ring (bicyclic) bond motifs is 1. The number of nitrogen functional groups attached to an aromatic ring is 1. The number of aryl methyl sites for hydroxylation is 1. The van der Waals surface area contributed by atoms with E-state index in [2.05, 4.69) is 25.6 Å². The summed E-state index contributed by atoms with van der Waals surface area (Å²) < 4.78 is 0. The van der Waals surface area contributed by atoms with Gasteiger partial charge in [-0.2, -0.15) is 15.0 Å². The van der Waals surface area contributed by atoms with Gasteiger partial charge in [0, 0.05) is 5.69 Å². The van der Waals surface area contributed by atoms with Crippen molar-refractivity contribution in [2.45, 2.75) is 25.9 Å². The molecule has 170 valence electrons. The molecule has 34 heavy (non-hydrogen) atoms. The van der Waals surface area contributed by atoms with Gasteiger partial charge in [0.15, 0.2) is 5.82 Å². The third kappa shape index (κ3) is 3.77. The van der Waals surface area contributed by atoms with Crippen LogP contribution in [0.2, 0.25) is 0 Å². The number of anilines is 3. The van der Waals surface area contributed by atoms with E-state index in [4.69, 9.17) is 5.73 Å². The summed E-state index contributed by atoms with van der Waals surface area (Å²) in [5.74, 6) is 0.0431. The Kier molecular flexibility index (Phi) is 5.09. The zero-order valence-electron chi connectivity index (χ0n) is 18.7. The number of carbonyl (C=O) groups excluding carboxylic acids is 2. The average Bonchev–Trinajstić information content (AvgIpc) is 3.04. The predicted molar refractivity (Wildman–Crippen MR) is 129 cm³/mol. The van der Waals surface area contributed by atoms with Crippen molar-refractivity contribution < 1.29 is 9.59 Å². The Hall–Kier alpha value is -4.53. The molecule has 1 saturated heterocycles. The quantitative estimate of drug-likeness (QED) is 0.394. The molecule has 0 unspecified atom stereocenters. The van der Waals surface area contributed by atoms with Crippen LogP contribution in [0.4, 0.5) is 22.4 Å². The van der Waals surface area contributed by atoms with Crippen LogP contribution in [0.25, 0.3) is 10.8 Å². The van der Waals surface area contributed by atoms with Crippen LogP contribution >= 0.6 is 0 Å². The van der Waals surface area contributed by atoms with Crippen molar-refractivity contribution in [3.63, 3.8) is 0 Å². The SMILES string of the molecule is Cc1ccccc1Nc1nc(N)nc(CN2C(=O)N[C@@](C)(c3ccc4ccccc4c3)C2=O)n1. The molecular weight excluding hydrogens is 430 g/mol. The van der Waals surface area contributed by atoms with Crippen LogP contribution in [-0.4, -0.2) is 31.8 Å². The Balaban J connectivity index is 1.41. The van der Waals surface area contributed by atoms with Crippen LogP contribution in [-0.2, 0) is 16.9 Å². The zero-order valence-corrected chi connectivity index (χ0v) is 18.7. The lowest BCUT2D eigenvalue weighted by Gasteiger charge is -2.22. The smallest absolute Gasteiger partial charge is 0.325 e. The van der Waals surface area contributed by atoms with Crippen LogP contribution in [0.5, 0.6) is 0 Å². The van der Waals surface area contributed by atoms with E-state index < -0.39 is 11.6 Å². The number of para-hydroxylation sites is 1. The molecule has 1 atom stereocenters. The van der Waals surface area contributed by atoms with Crippen molar-refractivity contribution >= 4 is 40.3 Å². The van der Waals surface area contributed by atoms with Crippen molar-refractivity contribution in [1.82, 2.24) is 25.2 Å². The molecule has 5 rings (SSSR count). The van der Waals surface area contributed by atoms with E-state index in [1.807, 2.05) is 73.7 Å². The molecule has 4 aromatic rings. The summed E-state index contributed by atoms with van der Waals surface area (Å²) in [4.78, 5) is 40.0. The first-order chi connectivity index (χ1) is 16.3. The highest BCUT2D eigenvalue weighted by molar-refractivity contribution is 6.07. The van der Waals surface area contributed by atoms with Gasteiger partial charge in [-0.3, -0.25) is 9.69 Å². The molecule has 0 spiro atoms. The molecule has 2 heterocycles. The zero-order chi connectivity index (χ0) is 23.9. The molecule has 0 saturated carbocycles. The summed E-state index contributed by atoms with van der Waals surface area (Å²) in [6.45, 7) is 3.52. The van der Waals surface area contributed by atoms with E-state index in [-0.39, 0.29) is 30.2 Å². The van der Waals surface area contributed by atoms with Gasteiger partial charge in [-0.15, -0.1) is 0 Å². The number of amides is 3. The lowest BCUT2D eigenvalue weighted by Crippen LogP contribution is -2.40. The Morgan fingerprint density at radius 1 is 0.971 bits per heavy atom. The van der Waals surface area contributed by atoms with E-state index >= 15 is 0 Å². The maximum Gasteiger partial charge on any atom is 0.325 e. The molecule has 3 aromatic carbocycles. The van der Waals surface area contributed by atoms with Crippen LogP contribution in [0.1, 0.15) is 23.9 Å². The number of urea groups is 1. The van der Waals surface area contributed by atoms with E-state index in [1.165, 1.54) is 0 Å². The topological polar surface area (TPSA) is 126 Å². The maximum absolute atomic E-state index is 13.4. The fraction of sp³-hybridized carbons (Fsp3) is 0.160. The number of hydrogen-bond donors (Lipinski definition) is 3. The van der Waals surface area contributed by atoms with Crippen molar-refractivity contribution in [3.05, 3.63) is 83.7 Å². The molecule has 1 aliphatic heterocycles. The van der Waals surface area contributed by atoms with Gasteiger partial charge in [0.2, 0.25) is 11.9 Å². The first-order valence-electron chi connectivity index (χ1n) is 10.8. The van der Waals surface area contributed by atoms with Crippen LogP contribution in [0, 0.1) is 6.92 Å². The number of aromatic nitrogens is 3. The van der Waals surface area contributed by atoms with Gasteiger partial charge in [-0.1, -0.05) is 54.6 Å². The first kappa shape index (κ1) is 21.3. The highest BCUT2D eigenvalue weighted by Gasteiger charge is 2.49. The molecule has 0 bridgehead atoms. The third-order valence-corrected chi connectivity index (χ3v) is 5.99. The summed E-state index contributed by atoms with van der Waals surface area (Å²) >= 11 is 0. The molecule has 1 aromatic heterocycles. The minimum absolute atomic E-state index is 0.00886. The Morgan fingerprint density at radius 2 is 1.71 bits per heavy atom. The number of nitrogens with one attached hydrogen (secondary N) is 2. The number of carbonyl (C=O) groups is 2. The fourth-order valence-electron chi connectivity index (χ4n) is 4.08. The molecule has 4 N–H and O–H groups in total. The Labute approximate surface area is 196 Å². The van der Waals surface area contributed by atoms with Crippen LogP contribution in [0.15, 0.2) is 66.7 Å². The van der Waals surface area contributed by atoms with E-state index in [9.17, 15) is 9.59 Å². The van der Waals surface area contributed by atoms with E-state index in [0.717, 1.165) is 26.9 Å². The van der Waals surface area contributed by atoms with Crippen molar-refractivity contribution in [3.8, 4) is 0 Å². The van der Waals surface area contributed by atoms with Crippen molar-refractivity contribution in [2.24, 2.45) is 0 Å². The number of nitrogens with two attached hydrogens (primary N) is 1. The van der Waals surface area contributed by atoms with Gasteiger partial charge in [0.05, 0.1) is 6.54 Å². The van der Waals surface area contributed by atoms with E-state index in [0.29, 0.717) is 5.56 Å². The predicted octanol–water partition coefficient (Wildman–Crippen LogP) is 3.63.